The topological polar surface area (TPSA) is 51.9 Å². The molecule has 2 atom stereocenters. The zero-order chi connectivity index (χ0) is 16.4. The smallest absolute Gasteiger partial charge is 0.257 e. The molecule has 1 aromatic rings. The van der Waals surface area contributed by atoms with Gasteiger partial charge in [-0.15, -0.1) is 0 Å². The first kappa shape index (κ1) is 16.5. The minimum Gasteiger partial charge on any atom is -0.466 e. The lowest BCUT2D eigenvalue weighted by Gasteiger charge is -2.44. The van der Waals surface area contributed by atoms with Crippen molar-refractivity contribution in [1.29, 1.82) is 0 Å². The van der Waals surface area contributed by atoms with Crippen LogP contribution in [0.3, 0.4) is 0 Å². The molecule has 2 fully saturated rings. The van der Waals surface area contributed by atoms with Crippen LogP contribution in [0.25, 0.3) is 0 Å². The van der Waals surface area contributed by atoms with Gasteiger partial charge in [-0.1, -0.05) is 6.42 Å². The summed E-state index contributed by atoms with van der Waals surface area (Å²) in [4.78, 5) is 14.8. The molecule has 2 heterocycles. The molecule has 0 bridgehead atoms. The predicted molar refractivity (Wildman–Crippen MR) is 86.6 cm³/mol. The van der Waals surface area contributed by atoms with E-state index in [-0.39, 0.29) is 11.5 Å². The van der Waals surface area contributed by atoms with Gasteiger partial charge < -0.3 is 18.8 Å². The van der Waals surface area contributed by atoms with E-state index in [9.17, 15) is 4.79 Å². The van der Waals surface area contributed by atoms with Crippen LogP contribution in [0.2, 0.25) is 0 Å². The fraction of sp³-hybridized carbons (Fsp3) is 0.722. The van der Waals surface area contributed by atoms with Crippen molar-refractivity contribution >= 4 is 5.91 Å². The lowest BCUT2D eigenvalue weighted by Crippen LogP contribution is -2.56. The second kappa shape index (κ2) is 6.65. The molecule has 1 saturated heterocycles. The number of ether oxygens (including phenoxy) is 2. The summed E-state index contributed by atoms with van der Waals surface area (Å²) in [6.45, 7) is 9.10. The molecular formula is C18H27NO4. The van der Waals surface area contributed by atoms with Crippen molar-refractivity contribution in [3.8, 4) is 0 Å². The van der Waals surface area contributed by atoms with Gasteiger partial charge in [0.15, 0.2) is 0 Å². The first-order chi connectivity index (χ1) is 11.1. The number of amides is 1. The summed E-state index contributed by atoms with van der Waals surface area (Å²) in [5.41, 5.74) is 0.453. The van der Waals surface area contributed by atoms with Crippen molar-refractivity contribution in [2.45, 2.75) is 45.6 Å². The van der Waals surface area contributed by atoms with E-state index in [2.05, 4.69) is 0 Å². The average molecular weight is 321 g/mol. The normalized spacial score (nSPS) is 27.8. The fourth-order valence-corrected chi connectivity index (χ4v) is 4.00. The van der Waals surface area contributed by atoms with Gasteiger partial charge >= 0.3 is 0 Å². The number of furan rings is 1. The van der Waals surface area contributed by atoms with Crippen LogP contribution in [0.4, 0.5) is 0 Å². The van der Waals surface area contributed by atoms with Crippen LogP contribution in [0, 0.1) is 19.8 Å². The average Bonchev–Trinajstić information content (AvgIpc) is 3.07. The molecule has 0 radical (unpaired) electrons. The number of hydrogen-bond acceptors (Lipinski definition) is 4. The molecule has 1 amide bonds. The lowest BCUT2D eigenvalue weighted by molar-refractivity contribution is -0.132. The summed E-state index contributed by atoms with van der Waals surface area (Å²) in [5, 5.41) is 0. The van der Waals surface area contributed by atoms with E-state index in [1.165, 1.54) is 0 Å². The highest BCUT2D eigenvalue weighted by Crippen LogP contribution is 2.41. The molecule has 5 heteroatoms. The SMILES string of the molecule is CCOC[C@H]1CCC[C@]12CN(C(=O)c1cc(C)oc1C)CCO2. The molecule has 1 aliphatic carbocycles. The monoisotopic (exact) mass is 321 g/mol. The van der Waals surface area contributed by atoms with E-state index in [4.69, 9.17) is 13.9 Å². The van der Waals surface area contributed by atoms with E-state index < -0.39 is 0 Å². The van der Waals surface area contributed by atoms with Crippen molar-refractivity contribution in [2.75, 3.05) is 32.9 Å². The zero-order valence-corrected chi connectivity index (χ0v) is 14.4. The van der Waals surface area contributed by atoms with Gasteiger partial charge in [0.05, 0.1) is 30.9 Å². The number of aryl methyl sites for hydroxylation is 2. The Kier molecular flexibility index (Phi) is 4.78. The first-order valence-electron chi connectivity index (χ1n) is 8.64. The predicted octanol–water partition coefficient (Wildman–Crippen LogP) is 2.94. The molecule has 1 saturated carbocycles. The van der Waals surface area contributed by atoms with Gasteiger partial charge in [-0.25, -0.2) is 0 Å². The van der Waals surface area contributed by atoms with Gasteiger partial charge in [0.1, 0.15) is 11.5 Å². The molecule has 1 spiro atoms. The maximum Gasteiger partial charge on any atom is 0.257 e. The lowest BCUT2D eigenvalue weighted by atomic mass is 9.89. The van der Waals surface area contributed by atoms with Crippen LogP contribution in [0.1, 0.15) is 48.1 Å². The van der Waals surface area contributed by atoms with E-state index in [1.54, 1.807) is 0 Å². The third kappa shape index (κ3) is 3.17. The Labute approximate surface area is 137 Å². The van der Waals surface area contributed by atoms with Crippen LogP contribution in [0.5, 0.6) is 0 Å². The molecule has 23 heavy (non-hydrogen) atoms. The largest absolute Gasteiger partial charge is 0.466 e. The van der Waals surface area contributed by atoms with Crippen molar-refractivity contribution in [2.24, 2.45) is 5.92 Å². The second-order valence-corrected chi connectivity index (χ2v) is 6.72. The van der Waals surface area contributed by atoms with Crippen molar-refractivity contribution in [3.05, 3.63) is 23.2 Å². The summed E-state index contributed by atoms with van der Waals surface area (Å²) < 4.78 is 17.4. The Morgan fingerprint density at radius 2 is 2.30 bits per heavy atom. The molecule has 0 N–H and O–H groups in total. The molecule has 2 aliphatic rings. The number of carbonyl (C=O) groups excluding carboxylic acids is 1. The number of carbonyl (C=O) groups is 1. The number of morpholine rings is 1. The maximum atomic E-state index is 12.9. The molecule has 5 nitrogen and oxygen atoms in total. The zero-order valence-electron chi connectivity index (χ0n) is 14.4. The highest BCUT2D eigenvalue weighted by molar-refractivity contribution is 5.95. The van der Waals surface area contributed by atoms with E-state index >= 15 is 0 Å². The minimum absolute atomic E-state index is 0.0593. The fourth-order valence-electron chi connectivity index (χ4n) is 4.00. The third-order valence-corrected chi connectivity index (χ3v) is 5.19. The number of rotatable bonds is 4. The highest BCUT2D eigenvalue weighted by Gasteiger charge is 2.48. The van der Waals surface area contributed by atoms with E-state index in [1.807, 2.05) is 31.7 Å². The van der Waals surface area contributed by atoms with Crippen LogP contribution in [-0.2, 0) is 9.47 Å². The summed E-state index contributed by atoms with van der Waals surface area (Å²) in [5.74, 6) is 1.92. The minimum atomic E-state index is -0.226. The van der Waals surface area contributed by atoms with Crippen LogP contribution >= 0.6 is 0 Å². The molecule has 128 valence electrons. The van der Waals surface area contributed by atoms with Gasteiger partial charge in [0.25, 0.3) is 5.91 Å². The van der Waals surface area contributed by atoms with Crippen molar-refractivity contribution in [1.82, 2.24) is 4.90 Å². The van der Waals surface area contributed by atoms with Gasteiger partial charge in [-0.2, -0.15) is 0 Å². The Hall–Kier alpha value is -1.33. The quantitative estimate of drug-likeness (QED) is 0.855. The Balaban J connectivity index is 1.75. The molecule has 0 unspecified atom stereocenters. The molecule has 3 rings (SSSR count). The van der Waals surface area contributed by atoms with Crippen molar-refractivity contribution < 1.29 is 18.7 Å². The summed E-state index contributed by atoms with van der Waals surface area (Å²) in [7, 11) is 0. The van der Waals surface area contributed by atoms with E-state index in [0.29, 0.717) is 36.9 Å². The molecule has 1 aromatic heterocycles. The molecule has 0 aromatic carbocycles. The number of hydrogen-bond donors (Lipinski definition) is 0. The summed E-state index contributed by atoms with van der Waals surface area (Å²) in [6.07, 6.45) is 3.27. The van der Waals surface area contributed by atoms with Gasteiger partial charge in [-0.05, 0) is 39.7 Å². The maximum absolute atomic E-state index is 12.9. The standard InChI is InChI=1S/C18H27NO4/c1-4-21-11-15-6-5-7-18(15)12-19(8-9-22-18)17(20)16-10-13(2)23-14(16)3/h10,15H,4-9,11-12H2,1-3H3/t15-,18+/m1/s1. The molecular weight excluding hydrogens is 294 g/mol. The Morgan fingerprint density at radius 1 is 1.48 bits per heavy atom. The summed E-state index contributed by atoms with van der Waals surface area (Å²) in [6, 6.07) is 1.84. The summed E-state index contributed by atoms with van der Waals surface area (Å²) >= 11 is 0. The van der Waals surface area contributed by atoms with E-state index in [0.717, 1.165) is 38.2 Å². The van der Waals surface area contributed by atoms with Gasteiger partial charge in [0, 0.05) is 19.1 Å². The number of nitrogens with zero attached hydrogens (tertiary/aromatic N) is 1. The second-order valence-electron chi connectivity index (χ2n) is 6.72. The van der Waals surface area contributed by atoms with Crippen LogP contribution in [0.15, 0.2) is 10.5 Å². The third-order valence-electron chi connectivity index (χ3n) is 5.19. The van der Waals surface area contributed by atoms with Crippen LogP contribution in [-0.4, -0.2) is 49.3 Å². The van der Waals surface area contributed by atoms with Gasteiger partial charge in [-0.3, -0.25) is 4.79 Å². The first-order valence-corrected chi connectivity index (χ1v) is 8.64. The Bertz CT molecular complexity index is 567. The Morgan fingerprint density at radius 3 is 3.00 bits per heavy atom. The van der Waals surface area contributed by atoms with Crippen molar-refractivity contribution in [3.63, 3.8) is 0 Å². The van der Waals surface area contributed by atoms with Crippen LogP contribution < -0.4 is 0 Å². The highest BCUT2D eigenvalue weighted by atomic mass is 16.5. The molecule has 1 aliphatic heterocycles. The van der Waals surface area contributed by atoms with Gasteiger partial charge in [0.2, 0.25) is 0 Å².